The van der Waals surface area contributed by atoms with E-state index < -0.39 is 5.54 Å². The predicted molar refractivity (Wildman–Crippen MR) is 124 cm³/mol. The molecule has 3 amide bonds. The van der Waals surface area contributed by atoms with Crippen LogP contribution in [-0.4, -0.2) is 40.5 Å². The zero-order chi connectivity index (χ0) is 22.0. The van der Waals surface area contributed by atoms with Gasteiger partial charge in [-0.2, -0.15) is 0 Å². The number of likely N-dealkylation sites (tertiary alicyclic amines) is 1. The molecule has 1 atom stereocenters. The first-order valence-electron chi connectivity index (χ1n) is 11.4. The predicted octanol–water partition coefficient (Wildman–Crippen LogP) is 3.66. The molecule has 0 radical (unpaired) electrons. The van der Waals surface area contributed by atoms with E-state index >= 15 is 0 Å². The number of fused-ring (bicyclic) bond motifs is 1. The van der Waals surface area contributed by atoms with Crippen molar-refractivity contribution in [1.82, 2.24) is 20.5 Å². The van der Waals surface area contributed by atoms with E-state index in [1.54, 1.807) is 0 Å². The molecule has 6 heteroatoms. The highest BCUT2D eigenvalue weighted by Crippen LogP contribution is 2.35. The lowest BCUT2D eigenvalue weighted by Gasteiger charge is -2.41. The van der Waals surface area contributed by atoms with E-state index in [1.165, 1.54) is 16.5 Å². The van der Waals surface area contributed by atoms with Gasteiger partial charge in [0.15, 0.2) is 0 Å². The summed E-state index contributed by atoms with van der Waals surface area (Å²) in [5, 5.41) is 6.72. The maximum atomic E-state index is 12.9. The largest absolute Gasteiger partial charge is 0.323 e. The zero-order valence-electron chi connectivity index (χ0n) is 18.1. The van der Waals surface area contributed by atoms with E-state index in [0.29, 0.717) is 6.42 Å². The van der Waals surface area contributed by atoms with Crippen molar-refractivity contribution in [3.8, 4) is 0 Å². The minimum atomic E-state index is -0.817. The van der Waals surface area contributed by atoms with Crippen LogP contribution in [0.2, 0.25) is 0 Å². The van der Waals surface area contributed by atoms with E-state index in [-0.39, 0.29) is 17.9 Å². The second-order valence-electron chi connectivity index (χ2n) is 8.90. The van der Waals surface area contributed by atoms with Gasteiger partial charge in [0.05, 0.1) is 5.52 Å². The molecule has 0 spiro atoms. The van der Waals surface area contributed by atoms with Crippen LogP contribution in [0.4, 0.5) is 4.79 Å². The third kappa shape index (κ3) is 3.98. The van der Waals surface area contributed by atoms with Crippen LogP contribution in [0.5, 0.6) is 0 Å². The molecular formula is C26H28N4O2. The molecule has 6 nitrogen and oxygen atoms in total. The van der Waals surface area contributed by atoms with Crippen LogP contribution in [0.25, 0.3) is 10.9 Å². The lowest BCUT2D eigenvalue weighted by molar-refractivity contribution is -0.127. The Morgan fingerprint density at radius 1 is 0.969 bits per heavy atom. The molecule has 2 aliphatic rings. The number of piperidine rings is 1. The van der Waals surface area contributed by atoms with Crippen molar-refractivity contribution in [1.29, 1.82) is 0 Å². The van der Waals surface area contributed by atoms with Gasteiger partial charge in [-0.3, -0.25) is 20.0 Å². The number of aryl methyl sites for hydroxylation is 1. The van der Waals surface area contributed by atoms with Gasteiger partial charge in [-0.25, -0.2) is 4.79 Å². The molecule has 0 bridgehead atoms. The fraction of sp³-hybridized carbons (Fsp3) is 0.346. The lowest BCUT2D eigenvalue weighted by atomic mass is 9.74. The van der Waals surface area contributed by atoms with Gasteiger partial charge < -0.3 is 5.32 Å². The molecule has 164 valence electrons. The van der Waals surface area contributed by atoms with E-state index in [1.807, 2.05) is 36.5 Å². The van der Waals surface area contributed by atoms with Crippen molar-refractivity contribution in [2.45, 2.75) is 37.8 Å². The third-order valence-corrected chi connectivity index (χ3v) is 7.03. The first-order chi connectivity index (χ1) is 15.6. The van der Waals surface area contributed by atoms with E-state index in [0.717, 1.165) is 44.4 Å². The molecular weight excluding hydrogens is 400 g/mol. The molecule has 1 aromatic heterocycles. The minimum absolute atomic E-state index is 0.128. The van der Waals surface area contributed by atoms with Gasteiger partial charge in [0.2, 0.25) is 0 Å². The van der Waals surface area contributed by atoms with Crippen molar-refractivity contribution < 1.29 is 9.59 Å². The first-order valence-corrected chi connectivity index (χ1v) is 11.4. The highest BCUT2D eigenvalue weighted by atomic mass is 16.2. The Morgan fingerprint density at radius 3 is 2.53 bits per heavy atom. The molecule has 0 saturated carbocycles. The number of carbonyl (C=O) groups excluding carboxylic acids is 2. The van der Waals surface area contributed by atoms with Crippen LogP contribution >= 0.6 is 0 Å². The van der Waals surface area contributed by atoms with Crippen molar-refractivity contribution in [2.75, 3.05) is 13.1 Å². The summed E-state index contributed by atoms with van der Waals surface area (Å²) >= 11 is 0. The second kappa shape index (κ2) is 8.71. The van der Waals surface area contributed by atoms with Gasteiger partial charge in [-0.1, -0.05) is 48.5 Å². The summed E-state index contributed by atoms with van der Waals surface area (Å²) in [5.74, 6) is -0.0416. The number of hydrogen-bond acceptors (Lipinski definition) is 4. The van der Waals surface area contributed by atoms with E-state index in [9.17, 15) is 9.59 Å². The second-order valence-corrected chi connectivity index (χ2v) is 8.90. The average molecular weight is 429 g/mol. The molecule has 3 aromatic rings. The normalized spacial score (nSPS) is 22.1. The summed E-state index contributed by atoms with van der Waals surface area (Å²) in [4.78, 5) is 31.9. The number of rotatable bonds is 6. The van der Waals surface area contributed by atoms with Crippen LogP contribution in [0.15, 0.2) is 66.9 Å². The quantitative estimate of drug-likeness (QED) is 0.588. The van der Waals surface area contributed by atoms with Gasteiger partial charge in [0.1, 0.15) is 5.54 Å². The number of imide groups is 1. The van der Waals surface area contributed by atoms with Crippen molar-refractivity contribution in [2.24, 2.45) is 5.92 Å². The van der Waals surface area contributed by atoms with Gasteiger partial charge in [-0.05, 0) is 68.0 Å². The number of urea groups is 1. The lowest BCUT2D eigenvalue weighted by Crippen LogP contribution is -2.56. The Labute approximate surface area is 188 Å². The third-order valence-electron chi connectivity index (χ3n) is 7.03. The molecule has 0 aliphatic carbocycles. The number of amides is 3. The maximum Gasteiger partial charge on any atom is 0.322 e. The molecule has 2 aromatic carbocycles. The summed E-state index contributed by atoms with van der Waals surface area (Å²) in [7, 11) is 0. The molecule has 5 rings (SSSR count). The van der Waals surface area contributed by atoms with Crippen LogP contribution in [0, 0.1) is 5.92 Å². The Hall–Kier alpha value is -3.25. The monoisotopic (exact) mass is 428 g/mol. The number of pyridine rings is 1. The maximum absolute atomic E-state index is 12.9. The molecule has 1 unspecified atom stereocenters. The summed E-state index contributed by atoms with van der Waals surface area (Å²) in [6, 6.07) is 20.2. The van der Waals surface area contributed by atoms with E-state index in [2.05, 4.69) is 50.8 Å². The Morgan fingerprint density at radius 2 is 1.78 bits per heavy atom. The highest BCUT2D eigenvalue weighted by Gasteiger charge is 2.51. The van der Waals surface area contributed by atoms with Gasteiger partial charge in [0, 0.05) is 18.1 Å². The van der Waals surface area contributed by atoms with Crippen LogP contribution in [-0.2, 0) is 17.8 Å². The van der Waals surface area contributed by atoms with Gasteiger partial charge in [0.25, 0.3) is 5.91 Å². The number of nitrogens with zero attached hydrogens (tertiary/aromatic N) is 2. The number of hydrogen-bond donors (Lipinski definition) is 2. The number of benzene rings is 2. The molecule has 2 saturated heterocycles. The SMILES string of the molecule is O=C1NC(=O)C(CCc2ccccc2)(C2CCN(Cc3cccc4ncccc34)CC2)N1. The number of nitrogens with one attached hydrogen (secondary N) is 2. The summed E-state index contributed by atoms with van der Waals surface area (Å²) in [5.41, 5.74) is 2.66. The topological polar surface area (TPSA) is 74.3 Å². The molecule has 32 heavy (non-hydrogen) atoms. The number of carbonyl (C=O) groups is 2. The Bertz CT molecular complexity index is 1120. The summed E-state index contributed by atoms with van der Waals surface area (Å²) in [6.45, 7) is 2.67. The van der Waals surface area contributed by atoms with Crippen LogP contribution in [0.3, 0.4) is 0 Å². The van der Waals surface area contributed by atoms with Gasteiger partial charge in [-0.15, -0.1) is 0 Å². The van der Waals surface area contributed by atoms with Crippen molar-refractivity contribution in [3.05, 3.63) is 78.0 Å². The average Bonchev–Trinajstić information content (AvgIpc) is 3.13. The molecule has 2 N–H and O–H groups in total. The summed E-state index contributed by atoms with van der Waals surface area (Å²) in [6.07, 6.45) is 4.97. The minimum Gasteiger partial charge on any atom is -0.323 e. The number of aromatic nitrogens is 1. The zero-order valence-corrected chi connectivity index (χ0v) is 18.1. The van der Waals surface area contributed by atoms with Gasteiger partial charge >= 0.3 is 6.03 Å². The summed E-state index contributed by atoms with van der Waals surface area (Å²) < 4.78 is 0. The van der Waals surface area contributed by atoms with Crippen molar-refractivity contribution >= 4 is 22.8 Å². The molecule has 2 aliphatic heterocycles. The van der Waals surface area contributed by atoms with Crippen LogP contribution < -0.4 is 10.6 Å². The highest BCUT2D eigenvalue weighted by molar-refractivity contribution is 6.07. The van der Waals surface area contributed by atoms with Crippen LogP contribution in [0.1, 0.15) is 30.4 Å². The molecule has 3 heterocycles. The Balaban J connectivity index is 1.28. The van der Waals surface area contributed by atoms with Crippen molar-refractivity contribution in [3.63, 3.8) is 0 Å². The van der Waals surface area contributed by atoms with E-state index in [4.69, 9.17) is 0 Å². The first kappa shape index (κ1) is 20.6. The standard InChI is InChI=1S/C26H28N4O2/c31-24-26(29-25(32)28-24,14-11-19-6-2-1-3-7-19)21-12-16-30(17-13-21)18-20-8-4-10-23-22(20)9-5-15-27-23/h1-10,15,21H,11-14,16-18H2,(H2,28,29,31,32). The Kier molecular flexibility index (Phi) is 5.62. The fourth-order valence-electron chi connectivity index (χ4n) is 5.29. The fourth-order valence-corrected chi connectivity index (χ4v) is 5.29. The smallest absolute Gasteiger partial charge is 0.322 e. The molecule has 2 fully saturated rings.